The molecule has 9 aromatic carbocycles. The normalized spacial score (nSPS) is 11.4. The number of hydrogen-bond donors (Lipinski definition) is 0. The van der Waals surface area contributed by atoms with E-state index in [9.17, 15) is 0 Å². The number of benzene rings is 9. The van der Waals surface area contributed by atoms with Crippen molar-refractivity contribution in [2.75, 3.05) is 0 Å². The first kappa shape index (κ1) is 34.3. The van der Waals surface area contributed by atoms with Gasteiger partial charge in [-0.3, -0.25) is 0 Å². The van der Waals surface area contributed by atoms with Gasteiger partial charge in [-0.25, -0.2) is 15.0 Å². The van der Waals surface area contributed by atoms with Gasteiger partial charge in [0, 0.05) is 27.5 Å². The quantitative estimate of drug-likeness (QED) is 0.163. The topological polar surface area (TPSA) is 51.8 Å². The molecule has 0 amide bonds. The van der Waals surface area contributed by atoms with E-state index in [1.165, 1.54) is 33.0 Å². The van der Waals surface area contributed by atoms with Crippen molar-refractivity contribution in [1.82, 2.24) is 15.0 Å². The van der Waals surface area contributed by atoms with E-state index in [0.717, 1.165) is 60.9 Å². The first-order valence-corrected chi connectivity index (χ1v) is 19.8. The number of rotatable bonds is 7. The Bertz CT molecular complexity index is 3280. The van der Waals surface area contributed by atoms with Crippen molar-refractivity contribution in [2.45, 2.75) is 0 Å². The summed E-state index contributed by atoms with van der Waals surface area (Å²) in [4.78, 5) is 15.2. The van der Waals surface area contributed by atoms with Gasteiger partial charge in [-0.2, -0.15) is 0 Å². The molecule has 0 fully saturated rings. The minimum Gasteiger partial charge on any atom is -0.456 e. The summed E-state index contributed by atoms with van der Waals surface area (Å²) in [5.41, 5.74) is 13.6. The molecule has 11 aromatic rings. The first-order valence-electron chi connectivity index (χ1n) is 19.8. The molecule has 0 atom stereocenters. The smallest absolute Gasteiger partial charge is 0.164 e. The summed E-state index contributed by atoms with van der Waals surface area (Å²) in [5, 5.41) is 4.68. The Balaban J connectivity index is 0.959. The molecule has 4 nitrogen and oxygen atoms in total. The van der Waals surface area contributed by atoms with Gasteiger partial charge in [0.25, 0.3) is 0 Å². The number of aromatic nitrogens is 3. The highest BCUT2D eigenvalue weighted by molar-refractivity contribution is 6.13. The van der Waals surface area contributed by atoms with Crippen molar-refractivity contribution in [3.63, 3.8) is 0 Å². The molecule has 4 heteroatoms. The highest BCUT2D eigenvalue weighted by atomic mass is 16.3. The van der Waals surface area contributed by atoms with Crippen molar-refractivity contribution < 1.29 is 4.42 Å². The summed E-state index contributed by atoms with van der Waals surface area (Å²) in [6, 6.07) is 74.0. The van der Waals surface area contributed by atoms with Crippen molar-refractivity contribution in [1.29, 1.82) is 0 Å². The molecule has 0 N–H and O–H groups in total. The van der Waals surface area contributed by atoms with E-state index in [1.54, 1.807) is 0 Å². The van der Waals surface area contributed by atoms with Crippen LogP contribution in [0.3, 0.4) is 0 Å². The molecule has 0 aliphatic rings. The lowest BCUT2D eigenvalue weighted by Gasteiger charge is -2.11. The average Bonchev–Trinajstić information content (AvgIpc) is 3.70. The second-order valence-electron chi connectivity index (χ2n) is 14.8. The Hall–Kier alpha value is -7.95. The third-order valence-corrected chi connectivity index (χ3v) is 11.2. The van der Waals surface area contributed by atoms with Gasteiger partial charge in [-0.15, -0.1) is 0 Å². The van der Waals surface area contributed by atoms with Gasteiger partial charge in [0.2, 0.25) is 0 Å². The largest absolute Gasteiger partial charge is 0.456 e. The van der Waals surface area contributed by atoms with Gasteiger partial charge in [0.1, 0.15) is 11.2 Å². The molecule has 0 saturated heterocycles. The first-order chi connectivity index (χ1) is 29.2. The fraction of sp³-hybridized carbons (Fsp3) is 0. The summed E-state index contributed by atoms with van der Waals surface area (Å²) in [6.07, 6.45) is 0. The van der Waals surface area contributed by atoms with E-state index in [2.05, 4.69) is 194 Å². The third kappa shape index (κ3) is 6.43. The van der Waals surface area contributed by atoms with Crippen LogP contribution in [0.2, 0.25) is 0 Å². The second-order valence-corrected chi connectivity index (χ2v) is 14.8. The van der Waals surface area contributed by atoms with Crippen molar-refractivity contribution in [2.24, 2.45) is 0 Å². The molecular weight excluding hydrogens is 719 g/mol. The van der Waals surface area contributed by atoms with Crippen LogP contribution in [0.1, 0.15) is 0 Å². The minimum atomic E-state index is 0.614. The molecule has 2 aromatic heterocycles. The summed E-state index contributed by atoms with van der Waals surface area (Å²) in [6.45, 7) is 0. The molecule has 0 radical (unpaired) electrons. The van der Waals surface area contributed by atoms with Gasteiger partial charge < -0.3 is 4.42 Å². The lowest BCUT2D eigenvalue weighted by atomic mass is 9.97. The maximum absolute atomic E-state index is 6.44. The van der Waals surface area contributed by atoms with Crippen molar-refractivity contribution in [3.05, 3.63) is 212 Å². The van der Waals surface area contributed by atoms with Crippen LogP contribution in [0.15, 0.2) is 217 Å². The third-order valence-electron chi connectivity index (χ3n) is 11.2. The van der Waals surface area contributed by atoms with Gasteiger partial charge in [-0.1, -0.05) is 194 Å². The van der Waals surface area contributed by atoms with Crippen LogP contribution in [0, 0.1) is 0 Å². The maximum Gasteiger partial charge on any atom is 0.164 e. The number of hydrogen-bond acceptors (Lipinski definition) is 4. The summed E-state index contributed by atoms with van der Waals surface area (Å²) in [5.74, 6) is 1.86. The fourth-order valence-electron chi connectivity index (χ4n) is 8.16. The van der Waals surface area contributed by atoms with Crippen LogP contribution in [-0.4, -0.2) is 15.0 Å². The minimum absolute atomic E-state index is 0.614. The number of nitrogens with zero attached hydrogens (tertiary/aromatic N) is 3. The predicted molar refractivity (Wildman–Crippen MR) is 243 cm³/mol. The van der Waals surface area contributed by atoms with Crippen molar-refractivity contribution in [3.8, 4) is 78.7 Å². The van der Waals surface area contributed by atoms with Crippen LogP contribution >= 0.6 is 0 Å². The van der Waals surface area contributed by atoms with E-state index < -0.39 is 0 Å². The van der Waals surface area contributed by atoms with Crippen LogP contribution in [0.4, 0.5) is 0 Å². The SMILES string of the molecule is c1ccc(-c2ccc(-c3nc(-c4ccc(-c5ccc6c(c5)oc5cccc(-c7ccccc7)c56)cc4)nc(-c4ccc(-c5cccc6ccccc56)cc4)n3)cc2)cc1. The zero-order valence-corrected chi connectivity index (χ0v) is 32.0. The van der Waals surface area contributed by atoms with E-state index in [0.29, 0.717) is 17.5 Å². The summed E-state index contributed by atoms with van der Waals surface area (Å²) in [7, 11) is 0. The second kappa shape index (κ2) is 14.5. The van der Waals surface area contributed by atoms with Crippen LogP contribution < -0.4 is 0 Å². The van der Waals surface area contributed by atoms with Gasteiger partial charge >= 0.3 is 0 Å². The molecule has 0 unspecified atom stereocenters. The Labute approximate surface area is 341 Å². The Morgan fingerprint density at radius 1 is 0.271 bits per heavy atom. The van der Waals surface area contributed by atoms with E-state index in [4.69, 9.17) is 19.4 Å². The van der Waals surface area contributed by atoms with Crippen molar-refractivity contribution >= 4 is 32.7 Å². The van der Waals surface area contributed by atoms with Gasteiger partial charge in [0.15, 0.2) is 17.5 Å². The number of furan rings is 1. The zero-order valence-electron chi connectivity index (χ0n) is 32.0. The molecule has 0 aliphatic heterocycles. The Morgan fingerprint density at radius 3 is 1.36 bits per heavy atom. The summed E-state index contributed by atoms with van der Waals surface area (Å²) < 4.78 is 6.44. The highest BCUT2D eigenvalue weighted by Crippen LogP contribution is 2.39. The highest BCUT2D eigenvalue weighted by Gasteiger charge is 2.16. The fourth-order valence-corrected chi connectivity index (χ4v) is 8.16. The Kier molecular flexibility index (Phi) is 8.45. The average molecular weight is 754 g/mol. The van der Waals surface area contributed by atoms with Crippen LogP contribution in [0.25, 0.3) is 111 Å². The predicted octanol–water partition coefficient (Wildman–Crippen LogP) is 14.6. The Morgan fingerprint density at radius 2 is 0.712 bits per heavy atom. The zero-order chi connectivity index (χ0) is 39.1. The van der Waals surface area contributed by atoms with E-state index >= 15 is 0 Å². The van der Waals surface area contributed by atoms with Gasteiger partial charge in [-0.05, 0) is 73.5 Å². The molecule has 276 valence electrons. The molecular formula is C55H35N3O. The molecule has 59 heavy (non-hydrogen) atoms. The molecule has 0 saturated carbocycles. The molecule has 0 spiro atoms. The standard InChI is InChI=1S/C55H35N3O/c1-3-11-36(12-4-1)37-21-27-42(28-22-37)53-56-54(58-55(57-53)44-31-25-41(26-32-44)47-18-9-16-39-15-7-8-17-46(39)47)43-29-23-38(24-30-43)45-33-34-49-51(35-45)59-50-20-10-19-48(52(49)50)40-13-5-2-6-14-40/h1-35H. The molecule has 2 heterocycles. The monoisotopic (exact) mass is 753 g/mol. The maximum atomic E-state index is 6.44. The molecule has 11 rings (SSSR count). The van der Waals surface area contributed by atoms with Gasteiger partial charge in [0.05, 0.1) is 0 Å². The summed E-state index contributed by atoms with van der Waals surface area (Å²) >= 11 is 0. The number of fused-ring (bicyclic) bond motifs is 4. The van der Waals surface area contributed by atoms with Crippen LogP contribution in [-0.2, 0) is 0 Å². The van der Waals surface area contributed by atoms with E-state index in [1.807, 2.05) is 18.2 Å². The lowest BCUT2D eigenvalue weighted by molar-refractivity contribution is 0.669. The molecule has 0 bridgehead atoms. The lowest BCUT2D eigenvalue weighted by Crippen LogP contribution is -2.00. The van der Waals surface area contributed by atoms with E-state index in [-0.39, 0.29) is 0 Å². The molecule has 0 aliphatic carbocycles. The van der Waals surface area contributed by atoms with Crippen LogP contribution in [0.5, 0.6) is 0 Å².